The largest absolute Gasteiger partial charge is 0.375 e. The molecule has 0 radical (unpaired) electrons. The molecule has 7 heteroatoms. The number of hydrogen-bond donors (Lipinski definition) is 0. The number of hydrogen-bond acceptors (Lipinski definition) is 7. The van der Waals surface area contributed by atoms with Gasteiger partial charge in [0.15, 0.2) is 5.82 Å². The zero-order valence-corrected chi connectivity index (χ0v) is 13.8. The Bertz CT molecular complexity index is 672. The molecule has 2 aromatic heterocycles. The highest BCUT2D eigenvalue weighted by atomic mass is 16.5. The van der Waals surface area contributed by atoms with Crippen LogP contribution >= 0.6 is 0 Å². The summed E-state index contributed by atoms with van der Waals surface area (Å²) in [7, 11) is 0. The first-order valence-electron chi connectivity index (χ1n) is 8.24. The normalized spacial score (nSPS) is 25.9. The summed E-state index contributed by atoms with van der Waals surface area (Å²) in [5.74, 6) is 2.86. The van der Waals surface area contributed by atoms with E-state index in [0.717, 1.165) is 35.9 Å². The minimum atomic E-state index is -0.0301. The number of nitrogens with zero attached hydrogens (tertiary/aromatic N) is 4. The van der Waals surface area contributed by atoms with E-state index in [1.54, 1.807) is 0 Å². The minimum Gasteiger partial charge on any atom is -0.375 e. The lowest BCUT2D eigenvalue weighted by molar-refractivity contribution is -0.0764. The third-order valence-electron chi connectivity index (χ3n) is 4.79. The fourth-order valence-corrected chi connectivity index (χ4v) is 3.22. The van der Waals surface area contributed by atoms with Crippen molar-refractivity contribution in [3.63, 3.8) is 0 Å². The average Bonchev–Trinajstić information content (AvgIpc) is 3.20. The molecule has 0 spiro atoms. The quantitative estimate of drug-likeness (QED) is 0.857. The molecule has 7 nitrogen and oxygen atoms in total. The van der Waals surface area contributed by atoms with Crippen molar-refractivity contribution in [2.75, 3.05) is 13.2 Å². The Balaban J connectivity index is 1.60. The molecule has 0 amide bonds. The molecule has 2 aromatic rings. The summed E-state index contributed by atoms with van der Waals surface area (Å²) < 4.78 is 16.7. The topological polar surface area (TPSA) is 77.4 Å². The molecule has 0 aromatic carbocycles. The van der Waals surface area contributed by atoms with Crippen molar-refractivity contribution >= 4 is 0 Å². The maximum atomic E-state index is 5.83. The molecule has 23 heavy (non-hydrogen) atoms. The van der Waals surface area contributed by atoms with Crippen molar-refractivity contribution in [1.82, 2.24) is 20.2 Å². The molecule has 1 saturated heterocycles. The molecular weight excluding hydrogens is 296 g/mol. The lowest BCUT2D eigenvalue weighted by Crippen LogP contribution is -2.44. The lowest BCUT2D eigenvalue weighted by Gasteiger charge is -2.37. The molecule has 1 aliphatic carbocycles. The van der Waals surface area contributed by atoms with Gasteiger partial charge in [-0.2, -0.15) is 4.98 Å². The Labute approximate surface area is 135 Å². The Morgan fingerprint density at radius 2 is 2.00 bits per heavy atom. The highest BCUT2D eigenvalue weighted by Crippen LogP contribution is 2.39. The van der Waals surface area contributed by atoms with E-state index in [0.29, 0.717) is 18.4 Å². The molecule has 4 rings (SSSR count). The Morgan fingerprint density at radius 3 is 2.70 bits per heavy atom. The molecule has 3 heterocycles. The first-order chi connectivity index (χ1) is 11.1. The Morgan fingerprint density at radius 1 is 1.17 bits per heavy atom. The Hall–Kier alpha value is -1.73. The van der Waals surface area contributed by atoms with Crippen LogP contribution < -0.4 is 0 Å². The van der Waals surface area contributed by atoms with Crippen molar-refractivity contribution in [2.24, 2.45) is 0 Å². The fourth-order valence-electron chi connectivity index (χ4n) is 3.22. The highest BCUT2D eigenvalue weighted by molar-refractivity contribution is 5.21. The third kappa shape index (κ3) is 2.79. The van der Waals surface area contributed by atoms with E-state index >= 15 is 0 Å². The van der Waals surface area contributed by atoms with E-state index in [4.69, 9.17) is 13.8 Å². The summed E-state index contributed by atoms with van der Waals surface area (Å²) in [6, 6.07) is -0.0301. The van der Waals surface area contributed by atoms with Crippen LogP contribution in [0.5, 0.6) is 0 Å². The molecule has 2 fully saturated rings. The third-order valence-corrected chi connectivity index (χ3v) is 4.79. The molecule has 0 bridgehead atoms. The monoisotopic (exact) mass is 318 g/mol. The molecule has 1 saturated carbocycles. The van der Waals surface area contributed by atoms with E-state index in [1.807, 2.05) is 13.8 Å². The van der Waals surface area contributed by atoms with Crippen molar-refractivity contribution in [2.45, 2.75) is 58.2 Å². The van der Waals surface area contributed by atoms with Gasteiger partial charge in [-0.05, 0) is 33.6 Å². The molecule has 2 aliphatic rings. The van der Waals surface area contributed by atoms with Crippen LogP contribution in [0.3, 0.4) is 0 Å². The van der Waals surface area contributed by atoms with E-state index in [1.165, 1.54) is 12.8 Å². The second kappa shape index (κ2) is 5.72. The zero-order valence-electron chi connectivity index (χ0n) is 13.8. The number of ether oxygens (including phenoxy) is 1. The fraction of sp³-hybridized carbons (Fsp3) is 0.688. The summed E-state index contributed by atoms with van der Waals surface area (Å²) in [5.41, 5.74) is 2.07. The molecule has 124 valence electrons. The van der Waals surface area contributed by atoms with Crippen LogP contribution in [0.15, 0.2) is 9.05 Å². The van der Waals surface area contributed by atoms with Gasteiger partial charge in [-0.3, -0.25) is 4.90 Å². The maximum Gasteiger partial charge on any atom is 0.246 e. The summed E-state index contributed by atoms with van der Waals surface area (Å²) in [6.07, 6.45) is 2.34. The van der Waals surface area contributed by atoms with Crippen LogP contribution in [0, 0.1) is 13.8 Å². The van der Waals surface area contributed by atoms with Gasteiger partial charge in [0.05, 0.1) is 18.4 Å². The van der Waals surface area contributed by atoms with Gasteiger partial charge in [0.2, 0.25) is 5.89 Å². The Kier molecular flexibility index (Phi) is 3.69. The number of morpholine rings is 1. The molecular formula is C16H22N4O3. The van der Waals surface area contributed by atoms with Crippen LogP contribution in [-0.2, 0) is 11.3 Å². The van der Waals surface area contributed by atoms with E-state index in [-0.39, 0.29) is 12.1 Å². The second-order valence-corrected chi connectivity index (χ2v) is 6.56. The summed E-state index contributed by atoms with van der Waals surface area (Å²) >= 11 is 0. The number of aromatic nitrogens is 3. The van der Waals surface area contributed by atoms with Gasteiger partial charge in [0, 0.05) is 24.6 Å². The summed E-state index contributed by atoms with van der Waals surface area (Å²) in [5, 5.41) is 8.20. The number of rotatable bonds is 4. The second-order valence-electron chi connectivity index (χ2n) is 6.56. The maximum absolute atomic E-state index is 5.83. The van der Waals surface area contributed by atoms with E-state index in [9.17, 15) is 0 Å². The SMILES string of the molecule is Cc1noc(C)c1CN1CCO[C@H](C)[C@H]1c1nc(C2CC2)no1. The summed E-state index contributed by atoms with van der Waals surface area (Å²) in [4.78, 5) is 6.96. The van der Waals surface area contributed by atoms with Gasteiger partial charge in [-0.1, -0.05) is 10.3 Å². The van der Waals surface area contributed by atoms with Crippen LogP contribution in [0.1, 0.15) is 60.5 Å². The average molecular weight is 318 g/mol. The van der Waals surface area contributed by atoms with Crippen LogP contribution in [0.2, 0.25) is 0 Å². The van der Waals surface area contributed by atoms with Crippen LogP contribution in [0.4, 0.5) is 0 Å². The molecule has 1 aliphatic heterocycles. The van der Waals surface area contributed by atoms with Gasteiger partial charge in [-0.25, -0.2) is 0 Å². The smallest absolute Gasteiger partial charge is 0.246 e. The van der Waals surface area contributed by atoms with Gasteiger partial charge >= 0.3 is 0 Å². The predicted octanol–water partition coefficient (Wildman–Crippen LogP) is 2.51. The number of aryl methyl sites for hydroxylation is 2. The van der Waals surface area contributed by atoms with Crippen molar-refractivity contribution in [1.29, 1.82) is 0 Å². The van der Waals surface area contributed by atoms with Gasteiger partial charge in [0.25, 0.3) is 0 Å². The highest BCUT2D eigenvalue weighted by Gasteiger charge is 2.37. The van der Waals surface area contributed by atoms with E-state index < -0.39 is 0 Å². The molecule has 0 N–H and O–H groups in total. The lowest BCUT2D eigenvalue weighted by atomic mass is 10.1. The predicted molar refractivity (Wildman–Crippen MR) is 80.8 cm³/mol. The van der Waals surface area contributed by atoms with Crippen LogP contribution in [0.25, 0.3) is 0 Å². The minimum absolute atomic E-state index is 0.0109. The standard InChI is InChI=1S/C16H22N4O3/c1-9-13(10(2)22-18-9)8-20-6-7-21-11(3)14(20)16-17-15(19-23-16)12-4-5-12/h11-12,14H,4-8H2,1-3H3/t11-,14+/m1/s1. The molecule has 0 unspecified atom stereocenters. The van der Waals surface area contributed by atoms with Crippen LogP contribution in [-0.4, -0.2) is 39.5 Å². The van der Waals surface area contributed by atoms with Gasteiger partial charge < -0.3 is 13.8 Å². The van der Waals surface area contributed by atoms with Gasteiger partial charge in [0.1, 0.15) is 11.8 Å². The first-order valence-corrected chi connectivity index (χ1v) is 8.24. The first kappa shape index (κ1) is 14.8. The van der Waals surface area contributed by atoms with E-state index in [2.05, 4.69) is 27.1 Å². The van der Waals surface area contributed by atoms with Crippen molar-refractivity contribution < 1.29 is 13.8 Å². The van der Waals surface area contributed by atoms with Crippen molar-refractivity contribution in [3.8, 4) is 0 Å². The zero-order chi connectivity index (χ0) is 16.0. The summed E-state index contributed by atoms with van der Waals surface area (Å²) in [6.45, 7) is 8.26. The van der Waals surface area contributed by atoms with Crippen molar-refractivity contribution in [3.05, 3.63) is 28.7 Å². The molecule has 2 atom stereocenters. The van der Waals surface area contributed by atoms with Gasteiger partial charge in [-0.15, -0.1) is 0 Å².